The van der Waals surface area contributed by atoms with Crippen molar-refractivity contribution < 1.29 is 4.42 Å². The largest absolute Gasteiger partial charge is 0.422 e. The minimum atomic E-state index is -0.382. The fourth-order valence-corrected chi connectivity index (χ4v) is 5.07. The van der Waals surface area contributed by atoms with Gasteiger partial charge in [-0.1, -0.05) is 48.5 Å². The van der Waals surface area contributed by atoms with Crippen LogP contribution >= 0.6 is 0 Å². The van der Waals surface area contributed by atoms with Crippen LogP contribution in [0.2, 0.25) is 0 Å². The number of fused-ring (bicyclic) bond motifs is 5. The molecule has 0 spiro atoms. The van der Waals surface area contributed by atoms with Crippen LogP contribution in [-0.4, -0.2) is 27.9 Å². The van der Waals surface area contributed by atoms with Gasteiger partial charge in [0.05, 0.1) is 22.2 Å². The minimum absolute atomic E-state index is 0.382. The summed E-state index contributed by atoms with van der Waals surface area (Å²) in [7, 11) is 0. The van der Waals surface area contributed by atoms with E-state index >= 15 is 0 Å². The molecule has 0 unspecified atom stereocenters. The molecule has 0 saturated carbocycles. The molecule has 0 atom stereocenters. The van der Waals surface area contributed by atoms with Gasteiger partial charge in [0.1, 0.15) is 11.3 Å². The maximum absolute atomic E-state index is 13.4. The maximum atomic E-state index is 13.4. The zero-order valence-corrected chi connectivity index (χ0v) is 20.5. The van der Waals surface area contributed by atoms with Crippen LogP contribution in [0.25, 0.3) is 49.7 Å². The summed E-state index contributed by atoms with van der Waals surface area (Å²) < 4.78 is 7.74. The molecule has 3 aromatic heterocycles. The first-order valence-corrected chi connectivity index (χ1v) is 12.3. The molecule has 0 bridgehead atoms. The molecule has 3 heterocycles. The Morgan fingerprint density at radius 1 is 0.861 bits per heavy atom. The average molecular weight is 475 g/mol. The lowest BCUT2D eigenvalue weighted by Crippen LogP contribution is -2.21. The van der Waals surface area contributed by atoms with Crippen LogP contribution in [0.15, 0.2) is 88.1 Å². The van der Waals surface area contributed by atoms with E-state index in [1.54, 1.807) is 0 Å². The number of hydrogen-bond donors (Lipinski definition) is 0. The van der Waals surface area contributed by atoms with Crippen molar-refractivity contribution in [3.8, 4) is 16.9 Å². The van der Waals surface area contributed by atoms with E-state index in [0.717, 1.165) is 51.9 Å². The van der Waals surface area contributed by atoms with Gasteiger partial charge in [0.2, 0.25) is 0 Å². The Bertz CT molecular complexity index is 1780. The first-order valence-electron chi connectivity index (χ1n) is 12.3. The van der Waals surface area contributed by atoms with Crippen molar-refractivity contribution >= 4 is 38.5 Å². The Balaban J connectivity index is 1.81. The van der Waals surface area contributed by atoms with Crippen LogP contribution in [-0.2, 0) is 0 Å². The molecule has 178 valence electrons. The lowest BCUT2D eigenvalue weighted by Gasteiger charge is -2.21. The molecule has 0 aliphatic carbocycles. The molecule has 0 aliphatic heterocycles. The van der Waals surface area contributed by atoms with E-state index in [2.05, 4.69) is 30.9 Å². The zero-order chi connectivity index (χ0) is 24.8. The highest BCUT2D eigenvalue weighted by Gasteiger charge is 2.23. The summed E-state index contributed by atoms with van der Waals surface area (Å²) in [6.45, 7) is 7.84. The number of anilines is 1. The van der Waals surface area contributed by atoms with Gasteiger partial charge in [0, 0.05) is 41.2 Å². The highest BCUT2D eigenvalue weighted by atomic mass is 16.4. The van der Waals surface area contributed by atoms with Crippen molar-refractivity contribution in [2.75, 3.05) is 18.0 Å². The SMILES string of the molecule is CCN(CC)c1ccc2c(c1)oc(=O)c1c(C)nc3c(c(-c4ccccc4)nn3-c3ccccc3)c12. The smallest absolute Gasteiger partial charge is 0.346 e. The van der Waals surface area contributed by atoms with Gasteiger partial charge in [-0.3, -0.25) is 0 Å². The number of para-hydroxylation sites is 1. The molecular formula is C30H26N4O2. The summed E-state index contributed by atoms with van der Waals surface area (Å²) in [6, 6.07) is 26.1. The quantitative estimate of drug-likeness (QED) is 0.211. The Morgan fingerprint density at radius 2 is 1.56 bits per heavy atom. The molecule has 0 aliphatic rings. The number of aryl methyl sites for hydroxylation is 1. The number of benzene rings is 3. The van der Waals surface area contributed by atoms with Gasteiger partial charge in [0.25, 0.3) is 0 Å². The Morgan fingerprint density at radius 3 is 2.25 bits per heavy atom. The van der Waals surface area contributed by atoms with Crippen molar-refractivity contribution in [3.05, 3.63) is 95.0 Å². The van der Waals surface area contributed by atoms with Crippen molar-refractivity contribution in [1.82, 2.24) is 14.8 Å². The molecule has 6 rings (SSSR count). The molecule has 6 aromatic rings. The van der Waals surface area contributed by atoms with Crippen LogP contribution in [0.4, 0.5) is 5.69 Å². The first-order chi connectivity index (χ1) is 17.6. The molecule has 0 amide bonds. The predicted molar refractivity (Wildman–Crippen MR) is 146 cm³/mol. The molecule has 6 nitrogen and oxygen atoms in total. The number of pyridine rings is 1. The van der Waals surface area contributed by atoms with Gasteiger partial charge in [0.15, 0.2) is 5.65 Å². The van der Waals surface area contributed by atoms with Gasteiger partial charge >= 0.3 is 5.63 Å². The lowest BCUT2D eigenvalue weighted by molar-refractivity contribution is 0.569. The van der Waals surface area contributed by atoms with Crippen LogP contribution < -0.4 is 10.5 Å². The number of nitrogens with zero attached hydrogens (tertiary/aromatic N) is 4. The van der Waals surface area contributed by atoms with E-state index in [1.165, 1.54) is 0 Å². The van der Waals surface area contributed by atoms with Crippen molar-refractivity contribution in [3.63, 3.8) is 0 Å². The van der Waals surface area contributed by atoms with Crippen molar-refractivity contribution in [2.45, 2.75) is 20.8 Å². The molecule has 0 saturated heterocycles. The molecule has 0 fully saturated rings. The first kappa shape index (κ1) is 22.0. The van der Waals surface area contributed by atoms with Crippen LogP contribution in [0.1, 0.15) is 19.5 Å². The summed E-state index contributed by atoms with van der Waals surface area (Å²) in [5, 5.41) is 8.09. The molecule has 0 N–H and O–H groups in total. The highest BCUT2D eigenvalue weighted by molar-refractivity contribution is 6.21. The predicted octanol–water partition coefficient (Wildman–Crippen LogP) is 6.50. The maximum Gasteiger partial charge on any atom is 0.346 e. The Labute approximate surface area is 208 Å². The van der Waals surface area contributed by atoms with E-state index in [1.807, 2.05) is 78.3 Å². The minimum Gasteiger partial charge on any atom is -0.422 e. The van der Waals surface area contributed by atoms with Gasteiger partial charge in [-0.05, 0) is 45.0 Å². The van der Waals surface area contributed by atoms with E-state index in [-0.39, 0.29) is 5.63 Å². The third-order valence-corrected chi connectivity index (χ3v) is 6.81. The highest BCUT2D eigenvalue weighted by Crippen LogP contribution is 2.38. The average Bonchev–Trinajstić information content (AvgIpc) is 3.29. The number of rotatable bonds is 5. The second-order valence-electron chi connectivity index (χ2n) is 8.85. The van der Waals surface area contributed by atoms with E-state index in [9.17, 15) is 4.79 Å². The molecular weight excluding hydrogens is 448 g/mol. The standard InChI is InChI=1S/C30H26N4O2/c1-4-33(5-2)22-16-17-23-24(18-22)36-30(35)25-19(3)31-29-27(26(23)25)28(20-12-8-6-9-13-20)32-34(29)21-14-10-7-11-15-21/h6-18H,4-5H2,1-3H3. The van der Waals surface area contributed by atoms with Crippen LogP contribution in [0.3, 0.4) is 0 Å². The fraction of sp³-hybridized carbons (Fsp3) is 0.167. The summed E-state index contributed by atoms with van der Waals surface area (Å²) in [5.41, 5.74) is 5.20. The summed E-state index contributed by atoms with van der Waals surface area (Å²) in [4.78, 5) is 20.5. The summed E-state index contributed by atoms with van der Waals surface area (Å²) in [6.07, 6.45) is 0. The molecule has 6 heteroatoms. The normalized spacial score (nSPS) is 11.5. The third kappa shape index (κ3) is 3.37. The van der Waals surface area contributed by atoms with Crippen LogP contribution in [0, 0.1) is 6.92 Å². The number of hydrogen-bond acceptors (Lipinski definition) is 5. The van der Waals surface area contributed by atoms with Gasteiger partial charge < -0.3 is 9.32 Å². The van der Waals surface area contributed by atoms with E-state index < -0.39 is 0 Å². The molecule has 0 radical (unpaired) electrons. The van der Waals surface area contributed by atoms with Crippen molar-refractivity contribution in [2.24, 2.45) is 0 Å². The molecule has 36 heavy (non-hydrogen) atoms. The van der Waals surface area contributed by atoms with E-state index in [0.29, 0.717) is 22.3 Å². The van der Waals surface area contributed by atoms with Gasteiger partial charge in [-0.15, -0.1) is 0 Å². The second-order valence-corrected chi connectivity index (χ2v) is 8.85. The monoisotopic (exact) mass is 474 g/mol. The lowest BCUT2D eigenvalue weighted by atomic mass is 10.00. The number of aromatic nitrogens is 3. The topological polar surface area (TPSA) is 64.2 Å². The second kappa shape index (κ2) is 8.64. The van der Waals surface area contributed by atoms with Gasteiger partial charge in [-0.2, -0.15) is 5.10 Å². The van der Waals surface area contributed by atoms with Gasteiger partial charge in [-0.25, -0.2) is 14.5 Å². The zero-order valence-electron chi connectivity index (χ0n) is 20.5. The van der Waals surface area contributed by atoms with E-state index in [4.69, 9.17) is 14.5 Å². The summed E-state index contributed by atoms with van der Waals surface area (Å²) >= 11 is 0. The summed E-state index contributed by atoms with van der Waals surface area (Å²) in [5.74, 6) is 0. The third-order valence-electron chi connectivity index (χ3n) is 6.81. The van der Waals surface area contributed by atoms with Crippen LogP contribution in [0.5, 0.6) is 0 Å². The Kier molecular flexibility index (Phi) is 5.29. The fourth-order valence-electron chi connectivity index (χ4n) is 5.07. The van der Waals surface area contributed by atoms with Crippen molar-refractivity contribution in [1.29, 1.82) is 0 Å². The Hall–Kier alpha value is -4.45. The molecule has 3 aromatic carbocycles.